The van der Waals surface area contributed by atoms with Crippen molar-refractivity contribution in [1.29, 1.82) is 0 Å². The Morgan fingerprint density at radius 1 is 1.07 bits per heavy atom. The molecule has 0 aliphatic heterocycles. The molecule has 0 fully saturated rings. The Hall–Kier alpha value is -4.00. The number of benzene rings is 2. The third kappa shape index (κ3) is 5.51. The Morgan fingerprint density at radius 3 is 2.67 bits per heavy atom. The number of anilines is 1. The van der Waals surface area contributed by atoms with E-state index in [2.05, 4.69) is 15.6 Å². The first-order valence-corrected chi connectivity index (χ1v) is 9.29. The van der Waals surface area contributed by atoms with E-state index in [-0.39, 0.29) is 0 Å². The lowest BCUT2D eigenvalue weighted by atomic mass is 10.1. The normalized spacial score (nSPS) is 10.7. The SMILES string of the molecule is Cc1ccc(NC(=O)NC(=O)COC(=O)/C=C/c2cccc3cccnc23)c(C)c1. The van der Waals surface area contributed by atoms with E-state index in [1.165, 1.54) is 6.08 Å². The maximum atomic E-state index is 11.9. The first-order chi connectivity index (χ1) is 14.4. The van der Waals surface area contributed by atoms with Crippen LogP contribution in [-0.2, 0) is 14.3 Å². The van der Waals surface area contributed by atoms with Gasteiger partial charge >= 0.3 is 12.0 Å². The molecular weight excluding hydrogens is 382 g/mol. The van der Waals surface area contributed by atoms with E-state index in [4.69, 9.17) is 4.74 Å². The van der Waals surface area contributed by atoms with Crippen LogP contribution in [0.4, 0.5) is 10.5 Å². The van der Waals surface area contributed by atoms with Gasteiger partial charge in [-0.05, 0) is 37.6 Å². The predicted molar refractivity (Wildman–Crippen MR) is 115 cm³/mol. The molecule has 0 bridgehead atoms. The van der Waals surface area contributed by atoms with Crippen molar-refractivity contribution in [1.82, 2.24) is 10.3 Å². The molecular formula is C23H21N3O4. The highest BCUT2D eigenvalue weighted by atomic mass is 16.5. The largest absolute Gasteiger partial charge is 0.452 e. The average molecular weight is 403 g/mol. The topological polar surface area (TPSA) is 97.4 Å². The minimum absolute atomic E-state index is 0.572. The van der Waals surface area contributed by atoms with Crippen LogP contribution in [0.25, 0.3) is 17.0 Å². The maximum Gasteiger partial charge on any atom is 0.331 e. The first kappa shape index (κ1) is 20.7. The third-order valence-corrected chi connectivity index (χ3v) is 4.29. The zero-order chi connectivity index (χ0) is 21.5. The van der Waals surface area contributed by atoms with Crippen LogP contribution in [0.2, 0.25) is 0 Å². The molecule has 152 valence electrons. The van der Waals surface area contributed by atoms with Crippen LogP contribution in [-0.4, -0.2) is 29.5 Å². The number of urea groups is 1. The van der Waals surface area contributed by atoms with Gasteiger partial charge in [0.25, 0.3) is 5.91 Å². The molecule has 3 rings (SSSR count). The fourth-order valence-electron chi connectivity index (χ4n) is 2.88. The second-order valence-corrected chi connectivity index (χ2v) is 6.68. The highest BCUT2D eigenvalue weighted by molar-refractivity contribution is 6.02. The van der Waals surface area contributed by atoms with Gasteiger partial charge in [0.1, 0.15) is 0 Å². The van der Waals surface area contributed by atoms with Crippen molar-refractivity contribution in [3.05, 3.63) is 77.5 Å². The number of hydrogen-bond donors (Lipinski definition) is 2. The molecule has 0 saturated carbocycles. The Bertz CT molecular complexity index is 1130. The van der Waals surface area contributed by atoms with Gasteiger partial charge in [-0.1, -0.05) is 42.0 Å². The van der Waals surface area contributed by atoms with Crippen LogP contribution >= 0.6 is 0 Å². The molecule has 0 spiro atoms. The number of para-hydroxylation sites is 1. The second kappa shape index (κ2) is 9.47. The Balaban J connectivity index is 1.50. The number of amides is 3. The Labute approximate surface area is 173 Å². The van der Waals surface area contributed by atoms with Crippen LogP contribution in [0.1, 0.15) is 16.7 Å². The highest BCUT2D eigenvalue weighted by Gasteiger charge is 2.11. The molecule has 7 heteroatoms. The van der Waals surface area contributed by atoms with Gasteiger partial charge in [-0.2, -0.15) is 0 Å². The number of fused-ring (bicyclic) bond motifs is 1. The molecule has 7 nitrogen and oxygen atoms in total. The third-order valence-electron chi connectivity index (χ3n) is 4.29. The van der Waals surface area contributed by atoms with Crippen molar-refractivity contribution >= 4 is 40.6 Å². The monoisotopic (exact) mass is 403 g/mol. The standard InChI is InChI=1S/C23H21N3O4/c1-15-8-10-19(16(2)13-15)25-23(29)26-20(27)14-30-21(28)11-9-18-6-3-5-17-7-4-12-24-22(17)18/h3-13H,14H2,1-2H3,(H2,25,26,27,29)/b11-9+. The van der Waals surface area contributed by atoms with Gasteiger partial charge in [-0.3, -0.25) is 15.1 Å². The molecule has 30 heavy (non-hydrogen) atoms. The van der Waals surface area contributed by atoms with E-state index >= 15 is 0 Å². The van der Waals surface area contributed by atoms with Gasteiger partial charge in [-0.25, -0.2) is 9.59 Å². The number of nitrogens with one attached hydrogen (secondary N) is 2. The average Bonchev–Trinajstić information content (AvgIpc) is 2.72. The van der Waals surface area contributed by atoms with Crippen molar-refractivity contribution in [2.75, 3.05) is 11.9 Å². The predicted octanol–water partition coefficient (Wildman–Crippen LogP) is 3.76. The number of carbonyl (C=O) groups excluding carboxylic acids is 3. The Kier molecular flexibility index (Phi) is 6.54. The van der Waals surface area contributed by atoms with Crippen molar-refractivity contribution in [2.24, 2.45) is 0 Å². The summed E-state index contributed by atoms with van der Waals surface area (Å²) in [5.41, 5.74) is 4.03. The van der Waals surface area contributed by atoms with E-state index in [1.807, 2.05) is 56.3 Å². The van der Waals surface area contributed by atoms with Crippen molar-refractivity contribution in [3.63, 3.8) is 0 Å². The number of rotatable bonds is 5. The number of imide groups is 1. The van der Waals surface area contributed by atoms with Crippen LogP contribution in [0.15, 0.2) is 60.8 Å². The summed E-state index contributed by atoms with van der Waals surface area (Å²) in [5, 5.41) is 5.66. The molecule has 0 radical (unpaired) electrons. The second-order valence-electron chi connectivity index (χ2n) is 6.68. The molecule has 0 saturated heterocycles. The minimum Gasteiger partial charge on any atom is -0.452 e. The summed E-state index contributed by atoms with van der Waals surface area (Å²) in [5.74, 6) is -1.43. The molecule has 0 aliphatic rings. The van der Waals surface area contributed by atoms with E-state index in [0.717, 1.165) is 27.6 Å². The van der Waals surface area contributed by atoms with Gasteiger partial charge < -0.3 is 10.1 Å². The number of aromatic nitrogens is 1. The lowest BCUT2D eigenvalue weighted by molar-refractivity contribution is -0.143. The molecule has 0 atom stereocenters. The highest BCUT2D eigenvalue weighted by Crippen LogP contribution is 2.17. The van der Waals surface area contributed by atoms with Gasteiger partial charge in [-0.15, -0.1) is 0 Å². The lowest BCUT2D eigenvalue weighted by Crippen LogP contribution is -2.37. The van der Waals surface area contributed by atoms with Crippen molar-refractivity contribution in [2.45, 2.75) is 13.8 Å². The summed E-state index contributed by atoms with van der Waals surface area (Å²) in [6.07, 6.45) is 4.46. The maximum absolute atomic E-state index is 11.9. The zero-order valence-electron chi connectivity index (χ0n) is 16.6. The summed E-state index contributed by atoms with van der Waals surface area (Å²) in [6.45, 7) is 3.22. The van der Waals surface area contributed by atoms with Gasteiger partial charge in [0.05, 0.1) is 5.52 Å². The number of hydrogen-bond acceptors (Lipinski definition) is 5. The first-order valence-electron chi connectivity index (χ1n) is 9.29. The molecule has 0 unspecified atom stereocenters. The molecule has 3 amide bonds. The fourth-order valence-corrected chi connectivity index (χ4v) is 2.88. The molecule has 2 N–H and O–H groups in total. The fraction of sp³-hybridized carbons (Fsp3) is 0.130. The van der Waals surface area contributed by atoms with E-state index in [1.54, 1.807) is 18.3 Å². The minimum atomic E-state index is -0.731. The van der Waals surface area contributed by atoms with E-state index in [9.17, 15) is 14.4 Å². The quantitative estimate of drug-likeness (QED) is 0.499. The van der Waals surface area contributed by atoms with Crippen molar-refractivity contribution in [3.8, 4) is 0 Å². The molecule has 1 heterocycles. The number of ether oxygens (including phenoxy) is 1. The summed E-state index contributed by atoms with van der Waals surface area (Å²) in [7, 11) is 0. The summed E-state index contributed by atoms with van der Waals surface area (Å²) < 4.78 is 4.89. The lowest BCUT2D eigenvalue weighted by Gasteiger charge is -2.09. The van der Waals surface area contributed by atoms with E-state index < -0.39 is 24.5 Å². The van der Waals surface area contributed by atoms with Crippen LogP contribution in [0.5, 0.6) is 0 Å². The van der Waals surface area contributed by atoms with Gasteiger partial charge in [0, 0.05) is 28.9 Å². The van der Waals surface area contributed by atoms with Gasteiger partial charge in [0.15, 0.2) is 6.61 Å². The van der Waals surface area contributed by atoms with Crippen molar-refractivity contribution < 1.29 is 19.1 Å². The number of carbonyl (C=O) groups is 3. The Morgan fingerprint density at radius 2 is 1.87 bits per heavy atom. The van der Waals surface area contributed by atoms with Crippen LogP contribution in [0.3, 0.4) is 0 Å². The summed E-state index contributed by atoms with van der Waals surface area (Å²) in [4.78, 5) is 40.0. The summed E-state index contributed by atoms with van der Waals surface area (Å²) >= 11 is 0. The zero-order valence-corrected chi connectivity index (χ0v) is 16.6. The summed E-state index contributed by atoms with van der Waals surface area (Å²) in [6, 6.07) is 14.2. The smallest absolute Gasteiger partial charge is 0.331 e. The van der Waals surface area contributed by atoms with Crippen LogP contribution in [0, 0.1) is 13.8 Å². The van der Waals surface area contributed by atoms with Crippen LogP contribution < -0.4 is 10.6 Å². The molecule has 2 aromatic carbocycles. The molecule has 0 aliphatic carbocycles. The molecule has 1 aromatic heterocycles. The number of nitrogens with zero attached hydrogens (tertiary/aromatic N) is 1. The number of aryl methyl sites for hydroxylation is 2. The van der Waals surface area contributed by atoms with E-state index in [0.29, 0.717) is 5.69 Å². The number of esters is 1. The molecule has 3 aromatic rings. The van der Waals surface area contributed by atoms with Gasteiger partial charge in [0.2, 0.25) is 0 Å². The number of pyridine rings is 1.